The molecule has 1 atom stereocenters. The van der Waals surface area contributed by atoms with Crippen LogP contribution in [0.1, 0.15) is 37.3 Å². The highest BCUT2D eigenvalue weighted by molar-refractivity contribution is 7.99. The molecule has 1 amide bonds. The van der Waals surface area contributed by atoms with Gasteiger partial charge in [0.05, 0.1) is 11.4 Å². The lowest BCUT2D eigenvalue weighted by molar-refractivity contribution is -0.131. The van der Waals surface area contributed by atoms with Crippen LogP contribution in [0.4, 0.5) is 0 Å². The van der Waals surface area contributed by atoms with E-state index in [-0.39, 0.29) is 5.91 Å². The van der Waals surface area contributed by atoms with E-state index in [0.717, 1.165) is 36.2 Å². The number of carbonyl (C=O) groups excluding carboxylic acids is 1. The Bertz CT molecular complexity index is 730. The van der Waals surface area contributed by atoms with Crippen LogP contribution in [0, 0.1) is 13.8 Å². The number of tetrazole rings is 1. The molecule has 1 saturated heterocycles. The summed E-state index contributed by atoms with van der Waals surface area (Å²) in [4.78, 5) is 14.5. The van der Waals surface area contributed by atoms with Crippen LogP contribution in [-0.2, 0) is 4.79 Å². The highest BCUT2D eigenvalue weighted by Crippen LogP contribution is 2.23. The Balaban J connectivity index is 1.72. The highest BCUT2D eigenvalue weighted by Gasteiger charge is 2.24. The van der Waals surface area contributed by atoms with Gasteiger partial charge in [-0.2, -0.15) is 4.68 Å². The standard InChI is InChI=1S/C17H23N5OS/c1-12-7-8-13(2)15(10-12)22-17(18-19-20-22)24-11-16(23)21-9-5-4-6-14(21)3/h7-8,10,14H,4-6,9,11H2,1-3H3/t14-/m0/s1. The monoisotopic (exact) mass is 345 g/mol. The topological polar surface area (TPSA) is 63.9 Å². The molecule has 1 aliphatic rings. The minimum Gasteiger partial charge on any atom is -0.339 e. The summed E-state index contributed by atoms with van der Waals surface area (Å²) in [6, 6.07) is 6.52. The zero-order chi connectivity index (χ0) is 17.1. The highest BCUT2D eigenvalue weighted by atomic mass is 32.2. The number of rotatable bonds is 4. The molecule has 1 aliphatic heterocycles. The van der Waals surface area contributed by atoms with Crippen LogP contribution in [0.5, 0.6) is 0 Å². The normalized spacial score (nSPS) is 18.0. The van der Waals surface area contributed by atoms with Gasteiger partial charge in [0.15, 0.2) is 0 Å². The van der Waals surface area contributed by atoms with Crippen molar-refractivity contribution < 1.29 is 4.79 Å². The van der Waals surface area contributed by atoms with Crippen LogP contribution in [0.25, 0.3) is 5.69 Å². The third-order valence-electron chi connectivity index (χ3n) is 4.48. The maximum atomic E-state index is 12.5. The molecular formula is C17H23N5OS. The van der Waals surface area contributed by atoms with Gasteiger partial charge in [0.25, 0.3) is 0 Å². The molecule has 7 heteroatoms. The third-order valence-corrected chi connectivity index (χ3v) is 5.39. The molecule has 2 aromatic rings. The minimum absolute atomic E-state index is 0.169. The fourth-order valence-electron chi connectivity index (χ4n) is 3.05. The Hall–Kier alpha value is -1.89. The van der Waals surface area contributed by atoms with Crippen LogP contribution in [-0.4, -0.2) is 49.4 Å². The maximum absolute atomic E-state index is 12.5. The quantitative estimate of drug-likeness (QED) is 0.797. The van der Waals surface area contributed by atoms with E-state index in [9.17, 15) is 4.79 Å². The number of aryl methyl sites for hydroxylation is 2. The molecule has 6 nitrogen and oxygen atoms in total. The average molecular weight is 345 g/mol. The lowest BCUT2D eigenvalue weighted by Crippen LogP contribution is -2.43. The summed E-state index contributed by atoms with van der Waals surface area (Å²) in [6.07, 6.45) is 3.40. The molecule has 128 valence electrons. The molecule has 24 heavy (non-hydrogen) atoms. The first-order chi connectivity index (χ1) is 11.6. The molecule has 0 unspecified atom stereocenters. The summed E-state index contributed by atoms with van der Waals surface area (Å²) in [7, 11) is 0. The number of amides is 1. The number of hydrogen-bond donors (Lipinski definition) is 0. The van der Waals surface area contributed by atoms with E-state index in [1.54, 1.807) is 4.68 Å². The first-order valence-electron chi connectivity index (χ1n) is 8.34. The minimum atomic E-state index is 0.169. The fourth-order valence-corrected chi connectivity index (χ4v) is 3.82. The van der Waals surface area contributed by atoms with Crippen molar-refractivity contribution in [3.63, 3.8) is 0 Å². The number of hydrogen-bond acceptors (Lipinski definition) is 5. The number of piperidine rings is 1. The van der Waals surface area contributed by atoms with E-state index >= 15 is 0 Å². The fraction of sp³-hybridized carbons (Fsp3) is 0.529. The molecule has 0 spiro atoms. The number of thioether (sulfide) groups is 1. The predicted octanol–water partition coefficient (Wildman–Crippen LogP) is 2.77. The molecule has 3 rings (SSSR count). The summed E-state index contributed by atoms with van der Waals surface area (Å²) in [5.74, 6) is 0.540. The summed E-state index contributed by atoms with van der Waals surface area (Å²) < 4.78 is 1.72. The Labute approximate surface area is 146 Å². The van der Waals surface area contributed by atoms with Crippen molar-refractivity contribution in [1.29, 1.82) is 0 Å². The van der Waals surface area contributed by atoms with Gasteiger partial charge in [0, 0.05) is 12.6 Å². The smallest absolute Gasteiger partial charge is 0.233 e. The number of aromatic nitrogens is 4. The lowest BCUT2D eigenvalue weighted by Gasteiger charge is -2.33. The van der Waals surface area contributed by atoms with Gasteiger partial charge < -0.3 is 4.90 Å². The van der Waals surface area contributed by atoms with Crippen molar-refractivity contribution in [3.8, 4) is 5.69 Å². The second-order valence-corrected chi connectivity index (χ2v) is 7.33. The summed E-state index contributed by atoms with van der Waals surface area (Å²) in [5.41, 5.74) is 3.22. The zero-order valence-corrected chi connectivity index (χ0v) is 15.2. The van der Waals surface area contributed by atoms with E-state index in [1.807, 2.05) is 18.7 Å². The molecule has 0 aliphatic carbocycles. The third kappa shape index (κ3) is 3.61. The number of nitrogens with zero attached hydrogens (tertiary/aromatic N) is 5. The Morgan fingerprint density at radius 2 is 2.17 bits per heavy atom. The van der Waals surface area contributed by atoms with E-state index in [0.29, 0.717) is 17.0 Å². The van der Waals surface area contributed by atoms with E-state index < -0.39 is 0 Å². The van der Waals surface area contributed by atoms with Gasteiger partial charge in [-0.05, 0) is 67.7 Å². The number of carbonyl (C=O) groups is 1. The van der Waals surface area contributed by atoms with Gasteiger partial charge in [-0.15, -0.1) is 5.10 Å². The number of likely N-dealkylation sites (tertiary alicyclic amines) is 1. The molecule has 0 saturated carbocycles. The van der Waals surface area contributed by atoms with Crippen molar-refractivity contribution in [2.45, 2.75) is 51.2 Å². The molecular weight excluding hydrogens is 322 g/mol. The van der Waals surface area contributed by atoms with Gasteiger partial charge in [-0.1, -0.05) is 23.9 Å². The van der Waals surface area contributed by atoms with Gasteiger partial charge in [-0.3, -0.25) is 4.79 Å². The molecule has 0 radical (unpaired) electrons. The van der Waals surface area contributed by atoms with Crippen LogP contribution < -0.4 is 0 Å². The van der Waals surface area contributed by atoms with E-state index in [2.05, 4.69) is 40.6 Å². The van der Waals surface area contributed by atoms with Crippen LogP contribution >= 0.6 is 11.8 Å². The molecule has 1 aromatic carbocycles. The summed E-state index contributed by atoms with van der Waals surface area (Å²) >= 11 is 1.40. The average Bonchev–Trinajstić information content (AvgIpc) is 3.03. The van der Waals surface area contributed by atoms with Crippen molar-refractivity contribution in [2.24, 2.45) is 0 Å². The first kappa shape index (κ1) is 17.0. The Morgan fingerprint density at radius 3 is 2.96 bits per heavy atom. The molecule has 1 fully saturated rings. The van der Waals surface area contributed by atoms with Crippen LogP contribution in [0.2, 0.25) is 0 Å². The number of benzene rings is 1. The lowest BCUT2D eigenvalue weighted by atomic mass is 10.0. The molecule has 0 N–H and O–H groups in total. The maximum Gasteiger partial charge on any atom is 0.233 e. The molecule has 2 heterocycles. The Morgan fingerprint density at radius 1 is 1.33 bits per heavy atom. The van der Waals surface area contributed by atoms with Crippen molar-refractivity contribution in [1.82, 2.24) is 25.1 Å². The van der Waals surface area contributed by atoms with Gasteiger partial charge in [-0.25, -0.2) is 0 Å². The Kier molecular flexibility index (Phi) is 5.18. The van der Waals surface area contributed by atoms with Gasteiger partial charge in [0.2, 0.25) is 11.1 Å². The molecule has 0 bridgehead atoms. The van der Waals surface area contributed by atoms with Crippen molar-refractivity contribution in [3.05, 3.63) is 29.3 Å². The molecule has 1 aromatic heterocycles. The van der Waals surface area contributed by atoms with E-state index in [1.165, 1.54) is 18.2 Å². The summed E-state index contributed by atoms with van der Waals surface area (Å²) in [6.45, 7) is 7.07. The van der Waals surface area contributed by atoms with Crippen molar-refractivity contribution in [2.75, 3.05) is 12.3 Å². The SMILES string of the molecule is Cc1ccc(C)c(-n2nnnc2SCC(=O)N2CCCC[C@@H]2C)c1. The van der Waals surface area contributed by atoms with E-state index in [4.69, 9.17) is 0 Å². The van der Waals surface area contributed by atoms with Crippen LogP contribution in [0.3, 0.4) is 0 Å². The largest absolute Gasteiger partial charge is 0.339 e. The van der Waals surface area contributed by atoms with Crippen molar-refractivity contribution >= 4 is 17.7 Å². The first-order valence-corrected chi connectivity index (χ1v) is 9.33. The zero-order valence-electron chi connectivity index (χ0n) is 14.4. The van der Waals surface area contributed by atoms with Gasteiger partial charge in [0.1, 0.15) is 0 Å². The second-order valence-electron chi connectivity index (χ2n) is 6.38. The summed E-state index contributed by atoms with van der Waals surface area (Å²) in [5, 5.41) is 12.6. The van der Waals surface area contributed by atoms with Crippen LogP contribution in [0.15, 0.2) is 23.4 Å². The predicted molar refractivity (Wildman–Crippen MR) is 94.4 cm³/mol. The van der Waals surface area contributed by atoms with Gasteiger partial charge >= 0.3 is 0 Å². The second kappa shape index (κ2) is 7.34.